The van der Waals surface area contributed by atoms with Gasteiger partial charge in [0.2, 0.25) is 0 Å². The molecule has 5 heteroatoms. The molecule has 0 bridgehead atoms. The number of pyridine rings is 1. The minimum atomic E-state index is -0.515. The first-order valence-corrected chi connectivity index (χ1v) is 6.85. The van der Waals surface area contributed by atoms with Gasteiger partial charge in [0.25, 0.3) is 0 Å². The SMILES string of the molecule is CCOC(=O)c1cc(=O)c2ccc3[nH]c(C)c(C)c3c2[nH]1. The van der Waals surface area contributed by atoms with E-state index in [0.717, 1.165) is 22.2 Å². The highest BCUT2D eigenvalue weighted by Crippen LogP contribution is 2.27. The van der Waals surface area contributed by atoms with E-state index in [-0.39, 0.29) is 17.7 Å². The normalized spacial score (nSPS) is 11.2. The number of rotatable bonds is 2. The zero-order valence-electron chi connectivity index (χ0n) is 12.2. The van der Waals surface area contributed by atoms with E-state index in [4.69, 9.17) is 4.74 Å². The van der Waals surface area contributed by atoms with Gasteiger partial charge in [-0.05, 0) is 38.5 Å². The number of aromatic nitrogens is 2. The van der Waals surface area contributed by atoms with Crippen molar-refractivity contribution in [3.63, 3.8) is 0 Å². The van der Waals surface area contributed by atoms with Crippen molar-refractivity contribution in [2.45, 2.75) is 20.8 Å². The van der Waals surface area contributed by atoms with E-state index in [1.165, 1.54) is 6.07 Å². The molecule has 0 aliphatic rings. The van der Waals surface area contributed by atoms with Gasteiger partial charge in [-0.25, -0.2) is 4.79 Å². The lowest BCUT2D eigenvalue weighted by atomic mass is 10.1. The molecule has 1 aromatic carbocycles. The van der Waals surface area contributed by atoms with E-state index in [1.807, 2.05) is 19.9 Å². The van der Waals surface area contributed by atoms with Crippen LogP contribution < -0.4 is 5.43 Å². The van der Waals surface area contributed by atoms with Crippen LogP contribution in [-0.4, -0.2) is 22.5 Å². The Kier molecular flexibility index (Phi) is 3.05. The number of hydrogen-bond donors (Lipinski definition) is 2. The summed E-state index contributed by atoms with van der Waals surface area (Å²) in [6.07, 6.45) is 0. The molecule has 0 saturated heterocycles. The van der Waals surface area contributed by atoms with E-state index < -0.39 is 5.97 Å². The number of H-pyrrole nitrogens is 2. The smallest absolute Gasteiger partial charge is 0.354 e. The van der Waals surface area contributed by atoms with Crippen molar-refractivity contribution in [3.8, 4) is 0 Å². The van der Waals surface area contributed by atoms with Gasteiger partial charge in [0.15, 0.2) is 5.43 Å². The number of ether oxygens (including phenoxy) is 1. The standard InChI is InChI=1S/C16H16N2O3/c1-4-21-16(20)12-7-13(19)10-5-6-11-14(15(10)18-12)8(2)9(3)17-11/h5-7,17H,4H2,1-3H3,(H,18,19). The van der Waals surface area contributed by atoms with Crippen LogP contribution in [0.15, 0.2) is 23.0 Å². The lowest BCUT2D eigenvalue weighted by molar-refractivity contribution is 0.0520. The zero-order chi connectivity index (χ0) is 15.1. The zero-order valence-corrected chi connectivity index (χ0v) is 12.2. The number of benzene rings is 1. The number of hydrogen-bond acceptors (Lipinski definition) is 3. The van der Waals surface area contributed by atoms with Crippen molar-refractivity contribution >= 4 is 27.8 Å². The van der Waals surface area contributed by atoms with E-state index in [0.29, 0.717) is 10.9 Å². The number of aromatic amines is 2. The molecule has 0 unspecified atom stereocenters. The number of aryl methyl sites for hydroxylation is 2. The Labute approximate surface area is 120 Å². The van der Waals surface area contributed by atoms with Crippen LogP contribution >= 0.6 is 0 Å². The molecule has 0 amide bonds. The summed E-state index contributed by atoms with van der Waals surface area (Å²) in [7, 11) is 0. The van der Waals surface area contributed by atoms with Crippen LogP contribution in [0.2, 0.25) is 0 Å². The van der Waals surface area contributed by atoms with Gasteiger partial charge in [-0.3, -0.25) is 4.79 Å². The van der Waals surface area contributed by atoms with Crippen LogP contribution in [0, 0.1) is 13.8 Å². The maximum Gasteiger partial charge on any atom is 0.354 e. The second-order valence-electron chi connectivity index (χ2n) is 5.05. The fraction of sp³-hybridized carbons (Fsp3) is 0.250. The fourth-order valence-electron chi connectivity index (χ4n) is 2.61. The maximum atomic E-state index is 12.2. The number of carbonyl (C=O) groups is 1. The number of carbonyl (C=O) groups excluding carboxylic acids is 1. The quantitative estimate of drug-likeness (QED) is 0.710. The van der Waals surface area contributed by atoms with E-state index in [9.17, 15) is 9.59 Å². The van der Waals surface area contributed by atoms with Crippen LogP contribution in [0.5, 0.6) is 0 Å². The minimum Gasteiger partial charge on any atom is -0.461 e. The molecule has 0 saturated carbocycles. The third-order valence-electron chi connectivity index (χ3n) is 3.76. The van der Waals surface area contributed by atoms with Gasteiger partial charge in [0, 0.05) is 28.0 Å². The third-order valence-corrected chi connectivity index (χ3v) is 3.76. The molecule has 0 atom stereocenters. The molecule has 3 rings (SSSR count). The van der Waals surface area contributed by atoms with Crippen molar-refractivity contribution in [1.29, 1.82) is 0 Å². The first kappa shape index (κ1) is 13.4. The first-order chi connectivity index (χ1) is 10.0. The molecule has 0 spiro atoms. The predicted octanol–water partition coefficient (Wildman–Crippen LogP) is 2.80. The summed E-state index contributed by atoms with van der Waals surface area (Å²) in [5.74, 6) is -0.515. The second kappa shape index (κ2) is 4.77. The average molecular weight is 284 g/mol. The van der Waals surface area contributed by atoms with Gasteiger partial charge in [-0.2, -0.15) is 0 Å². The average Bonchev–Trinajstić information content (AvgIpc) is 2.74. The van der Waals surface area contributed by atoms with Crippen molar-refractivity contribution in [1.82, 2.24) is 9.97 Å². The molecule has 2 N–H and O–H groups in total. The molecule has 2 heterocycles. The predicted molar refractivity (Wildman–Crippen MR) is 81.9 cm³/mol. The second-order valence-corrected chi connectivity index (χ2v) is 5.05. The third kappa shape index (κ3) is 2.01. The number of esters is 1. The molecule has 21 heavy (non-hydrogen) atoms. The molecular weight excluding hydrogens is 268 g/mol. The Morgan fingerprint density at radius 3 is 2.71 bits per heavy atom. The molecule has 0 fully saturated rings. The van der Waals surface area contributed by atoms with Crippen molar-refractivity contribution in [2.24, 2.45) is 0 Å². The Bertz CT molecular complexity index is 919. The summed E-state index contributed by atoms with van der Waals surface area (Å²) in [5.41, 5.74) is 3.71. The summed E-state index contributed by atoms with van der Waals surface area (Å²) in [4.78, 5) is 30.4. The van der Waals surface area contributed by atoms with Crippen molar-refractivity contribution in [2.75, 3.05) is 6.61 Å². The van der Waals surface area contributed by atoms with Crippen LogP contribution in [-0.2, 0) is 4.74 Å². The van der Waals surface area contributed by atoms with Crippen molar-refractivity contribution < 1.29 is 9.53 Å². The largest absolute Gasteiger partial charge is 0.461 e. The Hall–Kier alpha value is -2.56. The summed E-state index contributed by atoms with van der Waals surface area (Å²) in [5, 5.41) is 1.51. The van der Waals surface area contributed by atoms with Gasteiger partial charge >= 0.3 is 5.97 Å². The molecule has 3 aromatic rings. The van der Waals surface area contributed by atoms with Crippen LogP contribution in [0.1, 0.15) is 28.7 Å². The number of nitrogens with one attached hydrogen (secondary N) is 2. The fourth-order valence-corrected chi connectivity index (χ4v) is 2.61. The summed E-state index contributed by atoms with van der Waals surface area (Å²) < 4.78 is 4.96. The molecule has 108 valence electrons. The molecular formula is C16H16N2O3. The lowest BCUT2D eigenvalue weighted by Crippen LogP contribution is -2.12. The number of fused-ring (bicyclic) bond motifs is 3. The van der Waals surface area contributed by atoms with E-state index in [1.54, 1.807) is 13.0 Å². The first-order valence-electron chi connectivity index (χ1n) is 6.85. The summed E-state index contributed by atoms with van der Waals surface area (Å²) in [6, 6.07) is 4.94. The van der Waals surface area contributed by atoms with Crippen LogP contribution in [0.3, 0.4) is 0 Å². The molecule has 0 radical (unpaired) electrons. The minimum absolute atomic E-state index is 0.181. The Morgan fingerprint density at radius 2 is 2.00 bits per heavy atom. The topological polar surface area (TPSA) is 75.0 Å². The maximum absolute atomic E-state index is 12.2. The highest BCUT2D eigenvalue weighted by molar-refractivity contribution is 6.07. The van der Waals surface area contributed by atoms with Gasteiger partial charge in [0.05, 0.1) is 12.1 Å². The van der Waals surface area contributed by atoms with Crippen molar-refractivity contribution in [3.05, 3.63) is 45.4 Å². The van der Waals surface area contributed by atoms with E-state index >= 15 is 0 Å². The summed E-state index contributed by atoms with van der Waals surface area (Å²) >= 11 is 0. The Morgan fingerprint density at radius 1 is 1.24 bits per heavy atom. The Balaban J connectivity index is 2.40. The van der Waals surface area contributed by atoms with E-state index in [2.05, 4.69) is 9.97 Å². The van der Waals surface area contributed by atoms with Crippen LogP contribution in [0.4, 0.5) is 0 Å². The van der Waals surface area contributed by atoms with Gasteiger partial charge in [-0.1, -0.05) is 0 Å². The highest BCUT2D eigenvalue weighted by Gasteiger charge is 2.14. The molecule has 0 aliphatic carbocycles. The molecule has 5 nitrogen and oxygen atoms in total. The van der Waals surface area contributed by atoms with Gasteiger partial charge < -0.3 is 14.7 Å². The highest BCUT2D eigenvalue weighted by atomic mass is 16.5. The van der Waals surface area contributed by atoms with Crippen LogP contribution in [0.25, 0.3) is 21.8 Å². The lowest BCUT2D eigenvalue weighted by Gasteiger charge is -2.05. The molecule has 0 aliphatic heterocycles. The monoisotopic (exact) mass is 284 g/mol. The van der Waals surface area contributed by atoms with Gasteiger partial charge in [-0.15, -0.1) is 0 Å². The molecule has 2 aromatic heterocycles. The summed E-state index contributed by atoms with van der Waals surface area (Å²) in [6.45, 7) is 5.97. The van der Waals surface area contributed by atoms with Gasteiger partial charge in [0.1, 0.15) is 5.69 Å².